The van der Waals surface area contributed by atoms with Crippen molar-refractivity contribution >= 4 is 11.6 Å². The fourth-order valence-electron chi connectivity index (χ4n) is 2.83. The van der Waals surface area contributed by atoms with Crippen molar-refractivity contribution in [2.45, 2.75) is 25.9 Å². The van der Waals surface area contributed by atoms with E-state index < -0.39 is 0 Å². The highest BCUT2D eigenvalue weighted by Crippen LogP contribution is 2.21. The minimum absolute atomic E-state index is 0.106. The van der Waals surface area contributed by atoms with E-state index in [1.807, 2.05) is 13.0 Å². The van der Waals surface area contributed by atoms with Crippen LogP contribution in [0.2, 0.25) is 0 Å². The first kappa shape index (κ1) is 14.7. The second-order valence-corrected chi connectivity index (χ2v) is 5.66. The van der Waals surface area contributed by atoms with Crippen molar-refractivity contribution in [2.75, 3.05) is 11.9 Å². The molecule has 1 N–H and O–H groups in total. The van der Waals surface area contributed by atoms with E-state index in [0.717, 1.165) is 19.5 Å². The van der Waals surface area contributed by atoms with Gasteiger partial charge in [0.15, 0.2) is 0 Å². The van der Waals surface area contributed by atoms with Gasteiger partial charge < -0.3 is 5.32 Å². The van der Waals surface area contributed by atoms with Crippen LogP contribution < -0.4 is 5.32 Å². The third-order valence-corrected chi connectivity index (χ3v) is 4.18. The standard InChI is InChI=1S/C18H19FN2O/c1-13(18(22)20-17-8-4-7-16(19)11-17)21-10-9-14-5-2-3-6-15(14)12-21/h2-8,11,13H,9-10,12H2,1H3,(H,20,22)/t13-/m0/s1. The summed E-state index contributed by atoms with van der Waals surface area (Å²) in [4.78, 5) is 14.5. The SMILES string of the molecule is C[C@@H](C(=O)Nc1cccc(F)c1)N1CCc2ccccc2C1. The molecule has 0 spiro atoms. The molecule has 0 bridgehead atoms. The average molecular weight is 298 g/mol. The number of benzene rings is 2. The Morgan fingerprint density at radius 2 is 1.95 bits per heavy atom. The zero-order valence-corrected chi connectivity index (χ0v) is 12.6. The summed E-state index contributed by atoms with van der Waals surface area (Å²) in [5.41, 5.74) is 3.13. The second-order valence-electron chi connectivity index (χ2n) is 5.66. The van der Waals surface area contributed by atoms with Gasteiger partial charge in [-0.15, -0.1) is 0 Å². The molecule has 1 atom stereocenters. The van der Waals surface area contributed by atoms with E-state index in [1.165, 1.54) is 23.3 Å². The van der Waals surface area contributed by atoms with Crippen molar-refractivity contribution in [2.24, 2.45) is 0 Å². The zero-order valence-electron chi connectivity index (χ0n) is 12.6. The van der Waals surface area contributed by atoms with Crippen molar-refractivity contribution in [3.8, 4) is 0 Å². The summed E-state index contributed by atoms with van der Waals surface area (Å²) >= 11 is 0. The van der Waals surface area contributed by atoms with Gasteiger partial charge in [-0.2, -0.15) is 0 Å². The van der Waals surface area contributed by atoms with E-state index in [9.17, 15) is 9.18 Å². The monoisotopic (exact) mass is 298 g/mol. The fourth-order valence-corrected chi connectivity index (χ4v) is 2.83. The molecule has 1 amide bonds. The van der Waals surface area contributed by atoms with Crippen LogP contribution in [-0.2, 0) is 17.8 Å². The van der Waals surface area contributed by atoms with E-state index in [2.05, 4.69) is 28.4 Å². The lowest BCUT2D eigenvalue weighted by atomic mass is 9.99. The first-order valence-corrected chi connectivity index (χ1v) is 7.51. The molecule has 1 aliphatic rings. The number of hydrogen-bond donors (Lipinski definition) is 1. The molecule has 1 aliphatic heterocycles. The predicted octanol–water partition coefficient (Wildman–Crippen LogP) is 3.21. The van der Waals surface area contributed by atoms with Gasteiger partial charge in [-0.3, -0.25) is 9.69 Å². The molecule has 4 heteroatoms. The van der Waals surface area contributed by atoms with Crippen molar-refractivity contribution < 1.29 is 9.18 Å². The topological polar surface area (TPSA) is 32.3 Å². The summed E-state index contributed by atoms with van der Waals surface area (Å²) in [6.45, 7) is 3.52. The van der Waals surface area contributed by atoms with Crippen molar-refractivity contribution in [3.63, 3.8) is 0 Å². The van der Waals surface area contributed by atoms with E-state index in [0.29, 0.717) is 5.69 Å². The maximum atomic E-state index is 13.2. The fraction of sp³-hybridized carbons (Fsp3) is 0.278. The van der Waals surface area contributed by atoms with Gasteiger partial charge in [0.25, 0.3) is 0 Å². The molecule has 3 nitrogen and oxygen atoms in total. The Hall–Kier alpha value is -2.20. The lowest BCUT2D eigenvalue weighted by molar-refractivity contribution is -0.121. The van der Waals surface area contributed by atoms with Crippen LogP contribution in [0.4, 0.5) is 10.1 Å². The summed E-state index contributed by atoms with van der Waals surface area (Å²) < 4.78 is 13.2. The van der Waals surface area contributed by atoms with Gasteiger partial charge in [-0.25, -0.2) is 4.39 Å². The maximum absolute atomic E-state index is 13.2. The minimum atomic E-state index is -0.350. The van der Waals surface area contributed by atoms with E-state index in [-0.39, 0.29) is 17.8 Å². The number of hydrogen-bond acceptors (Lipinski definition) is 2. The highest BCUT2D eigenvalue weighted by atomic mass is 19.1. The maximum Gasteiger partial charge on any atom is 0.241 e. The molecule has 0 aliphatic carbocycles. The largest absolute Gasteiger partial charge is 0.325 e. The highest BCUT2D eigenvalue weighted by Gasteiger charge is 2.25. The van der Waals surface area contributed by atoms with Gasteiger partial charge in [0, 0.05) is 18.8 Å². The predicted molar refractivity (Wildman–Crippen MR) is 85.0 cm³/mol. The molecule has 0 aromatic heterocycles. The van der Waals surface area contributed by atoms with Gasteiger partial charge in [0.2, 0.25) is 5.91 Å². The van der Waals surface area contributed by atoms with Crippen LogP contribution in [0.1, 0.15) is 18.1 Å². The molecule has 2 aromatic rings. The zero-order chi connectivity index (χ0) is 15.5. The summed E-state index contributed by atoms with van der Waals surface area (Å²) in [5, 5.41) is 2.78. The van der Waals surface area contributed by atoms with Crippen LogP contribution in [0.25, 0.3) is 0 Å². The number of carbonyl (C=O) groups is 1. The Kier molecular flexibility index (Phi) is 4.20. The summed E-state index contributed by atoms with van der Waals surface area (Å²) in [6.07, 6.45) is 0.952. The molecule has 0 fully saturated rings. The molecule has 0 saturated carbocycles. The van der Waals surface area contributed by atoms with Crippen LogP contribution in [0.5, 0.6) is 0 Å². The third-order valence-electron chi connectivity index (χ3n) is 4.18. The highest BCUT2D eigenvalue weighted by molar-refractivity contribution is 5.94. The van der Waals surface area contributed by atoms with E-state index in [1.54, 1.807) is 12.1 Å². The Morgan fingerprint density at radius 1 is 1.18 bits per heavy atom. The summed E-state index contributed by atoms with van der Waals surface area (Å²) in [7, 11) is 0. The Morgan fingerprint density at radius 3 is 2.73 bits per heavy atom. The number of fused-ring (bicyclic) bond motifs is 1. The van der Waals surface area contributed by atoms with Crippen LogP contribution in [0, 0.1) is 5.82 Å². The first-order valence-electron chi connectivity index (χ1n) is 7.51. The minimum Gasteiger partial charge on any atom is -0.325 e. The molecule has 0 saturated heterocycles. The number of nitrogens with zero attached hydrogens (tertiary/aromatic N) is 1. The van der Waals surface area contributed by atoms with Crippen LogP contribution in [0.3, 0.4) is 0 Å². The number of amides is 1. The number of carbonyl (C=O) groups excluding carboxylic acids is 1. The van der Waals surface area contributed by atoms with Gasteiger partial charge in [-0.1, -0.05) is 30.3 Å². The second kappa shape index (κ2) is 6.28. The van der Waals surface area contributed by atoms with E-state index >= 15 is 0 Å². The van der Waals surface area contributed by atoms with Crippen molar-refractivity contribution in [3.05, 3.63) is 65.5 Å². The number of anilines is 1. The molecule has 114 valence electrons. The molecule has 1 heterocycles. The Labute approximate surface area is 129 Å². The van der Waals surface area contributed by atoms with Crippen molar-refractivity contribution in [1.82, 2.24) is 4.90 Å². The molecule has 0 radical (unpaired) electrons. The Bertz CT molecular complexity index is 686. The molecular formula is C18H19FN2O. The lowest BCUT2D eigenvalue weighted by Gasteiger charge is -2.32. The lowest BCUT2D eigenvalue weighted by Crippen LogP contribution is -2.44. The molecule has 0 unspecified atom stereocenters. The summed E-state index contributed by atoms with van der Waals surface area (Å²) in [6, 6.07) is 14.1. The van der Waals surface area contributed by atoms with E-state index in [4.69, 9.17) is 0 Å². The smallest absolute Gasteiger partial charge is 0.241 e. The van der Waals surface area contributed by atoms with Gasteiger partial charge in [0.05, 0.1) is 6.04 Å². The quantitative estimate of drug-likeness (QED) is 0.943. The van der Waals surface area contributed by atoms with Crippen LogP contribution in [0.15, 0.2) is 48.5 Å². The molecule has 3 rings (SSSR count). The molecule has 2 aromatic carbocycles. The number of halogens is 1. The Balaban J connectivity index is 1.67. The first-order chi connectivity index (χ1) is 10.6. The normalized spacial score (nSPS) is 15.9. The number of rotatable bonds is 3. The molecular weight excluding hydrogens is 279 g/mol. The van der Waals surface area contributed by atoms with Crippen LogP contribution in [-0.4, -0.2) is 23.4 Å². The van der Waals surface area contributed by atoms with Gasteiger partial charge in [0.1, 0.15) is 5.82 Å². The van der Waals surface area contributed by atoms with Crippen molar-refractivity contribution in [1.29, 1.82) is 0 Å². The summed E-state index contributed by atoms with van der Waals surface area (Å²) in [5.74, 6) is -0.456. The van der Waals surface area contributed by atoms with Crippen LogP contribution >= 0.6 is 0 Å². The third kappa shape index (κ3) is 3.17. The van der Waals surface area contributed by atoms with Gasteiger partial charge in [-0.05, 0) is 42.7 Å². The molecule has 22 heavy (non-hydrogen) atoms. The van der Waals surface area contributed by atoms with Gasteiger partial charge >= 0.3 is 0 Å². The number of nitrogens with one attached hydrogen (secondary N) is 1. The average Bonchev–Trinajstić information content (AvgIpc) is 2.53.